The molecule has 5 heteroatoms. The van der Waals surface area contributed by atoms with E-state index in [2.05, 4.69) is 0 Å². The molecule has 78 valence electrons. The van der Waals surface area contributed by atoms with Crippen LogP contribution in [0, 0.1) is 0 Å². The maximum absolute atomic E-state index is 10.5. The lowest BCUT2D eigenvalue weighted by atomic mass is 10.2. The van der Waals surface area contributed by atoms with Crippen molar-refractivity contribution in [3.05, 3.63) is 0 Å². The van der Waals surface area contributed by atoms with E-state index in [9.17, 15) is 4.79 Å². The Balaban J connectivity index is 0.00000144. The van der Waals surface area contributed by atoms with Gasteiger partial charge in [-0.1, -0.05) is 0 Å². The first-order valence-electron chi connectivity index (χ1n) is 4.12. The predicted molar refractivity (Wildman–Crippen MR) is 51.3 cm³/mol. The smallest absolute Gasteiger partial charge is 0.332 e. The highest BCUT2D eigenvalue weighted by Crippen LogP contribution is 2.19. The van der Waals surface area contributed by atoms with E-state index in [4.69, 9.17) is 9.84 Å². The molecule has 1 saturated heterocycles. The Morgan fingerprint density at radius 3 is 2.54 bits per heavy atom. The number of halogens is 1. The Morgan fingerprint density at radius 1 is 1.54 bits per heavy atom. The molecule has 0 saturated carbocycles. The molecule has 4 nitrogen and oxygen atoms in total. The van der Waals surface area contributed by atoms with E-state index in [0.717, 1.165) is 13.0 Å². The van der Waals surface area contributed by atoms with E-state index < -0.39 is 12.1 Å². The van der Waals surface area contributed by atoms with Gasteiger partial charge in [0.2, 0.25) is 0 Å². The van der Waals surface area contributed by atoms with Crippen LogP contribution in [0.3, 0.4) is 0 Å². The van der Waals surface area contributed by atoms with Crippen molar-refractivity contribution < 1.29 is 14.6 Å². The molecule has 1 N–H and O–H groups in total. The van der Waals surface area contributed by atoms with Crippen molar-refractivity contribution in [3.8, 4) is 0 Å². The van der Waals surface area contributed by atoms with E-state index in [-0.39, 0.29) is 18.5 Å². The van der Waals surface area contributed by atoms with Gasteiger partial charge in [0.25, 0.3) is 0 Å². The number of carbonyl (C=O) groups is 1. The lowest BCUT2D eigenvalue weighted by Crippen LogP contribution is -2.28. The van der Waals surface area contributed by atoms with Crippen LogP contribution in [-0.2, 0) is 9.53 Å². The van der Waals surface area contributed by atoms with Crippen molar-refractivity contribution in [2.24, 2.45) is 0 Å². The molecule has 0 bridgehead atoms. The minimum atomic E-state index is -0.837. The van der Waals surface area contributed by atoms with E-state index in [1.165, 1.54) is 0 Å². The van der Waals surface area contributed by atoms with Gasteiger partial charge in [-0.3, -0.25) is 0 Å². The minimum absolute atomic E-state index is 0. The molecule has 1 aliphatic rings. The summed E-state index contributed by atoms with van der Waals surface area (Å²) < 4.78 is 5.29. The molecule has 0 aliphatic carbocycles. The van der Waals surface area contributed by atoms with Crippen molar-refractivity contribution in [2.45, 2.75) is 25.0 Å². The molecular formula is C8H16ClNO3. The first-order valence-corrected chi connectivity index (χ1v) is 4.12. The second-order valence-corrected chi connectivity index (χ2v) is 3.42. The Morgan fingerprint density at radius 2 is 2.15 bits per heavy atom. The zero-order chi connectivity index (χ0) is 9.14. The van der Waals surface area contributed by atoms with E-state index in [1.54, 1.807) is 0 Å². The van der Waals surface area contributed by atoms with Crippen LogP contribution < -0.4 is 0 Å². The summed E-state index contributed by atoms with van der Waals surface area (Å²) in [5.74, 6) is -0.837. The molecule has 0 amide bonds. The third-order valence-corrected chi connectivity index (χ3v) is 1.95. The lowest BCUT2D eigenvalue weighted by Gasteiger charge is -2.15. The number of nitrogens with zero attached hydrogens (tertiary/aromatic N) is 1. The molecule has 0 aromatic rings. The van der Waals surface area contributed by atoms with Crippen LogP contribution in [-0.4, -0.2) is 48.8 Å². The second kappa shape index (κ2) is 5.42. The number of rotatable bonds is 3. The Hall–Kier alpha value is -0.320. The van der Waals surface area contributed by atoms with Crippen molar-refractivity contribution >= 4 is 18.4 Å². The summed E-state index contributed by atoms with van der Waals surface area (Å²) in [6.45, 7) is 0.809. The van der Waals surface area contributed by atoms with Crippen molar-refractivity contribution in [3.63, 3.8) is 0 Å². The van der Waals surface area contributed by atoms with Gasteiger partial charge in [0.1, 0.15) is 0 Å². The normalized spacial score (nSPS) is 27.3. The van der Waals surface area contributed by atoms with Gasteiger partial charge < -0.3 is 14.7 Å². The molecule has 0 aromatic heterocycles. The topological polar surface area (TPSA) is 49.8 Å². The third-order valence-electron chi connectivity index (χ3n) is 1.95. The summed E-state index contributed by atoms with van der Waals surface area (Å²) in [4.78, 5) is 12.5. The van der Waals surface area contributed by atoms with Crippen LogP contribution in [0.2, 0.25) is 0 Å². The summed E-state index contributed by atoms with van der Waals surface area (Å²) in [5.41, 5.74) is 0. The van der Waals surface area contributed by atoms with E-state index >= 15 is 0 Å². The standard InChI is InChI=1S/C8H15NO3.ClH/c1-9(2)5-6-3-4-7(12-6)8(10)11;/h6-7H,3-5H2,1-2H3,(H,10,11);1H. The third kappa shape index (κ3) is 3.93. The lowest BCUT2D eigenvalue weighted by molar-refractivity contribution is -0.149. The molecule has 1 rings (SSSR count). The highest BCUT2D eigenvalue weighted by molar-refractivity contribution is 5.85. The van der Waals surface area contributed by atoms with Gasteiger partial charge in [-0.25, -0.2) is 4.79 Å². The molecule has 13 heavy (non-hydrogen) atoms. The van der Waals surface area contributed by atoms with E-state index in [0.29, 0.717) is 6.42 Å². The zero-order valence-electron chi connectivity index (χ0n) is 7.90. The summed E-state index contributed by atoms with van der Waals surface area (Å²) in [7, 11) is 3.91. The minimum Gasteiger partial charge on any atom is -0.479 e. The van der Waals surface area contributed by atoms with Crippen LogP contribution in [0.25, 0.3) is 0 Å². The van der Waals surface area contributed by atoms with Crippen LogP contribution >= 0.6 is 12.4 Å². The molecule has 1 fully saturated rings. The van der Waals surface area contributed by atoms with E-state index in [1.807, 2.05) is 19.0 Å². The summed E-state index contributed by atoms with van der Waals surface area (Å²) in [6.07, 6.45) is 1.03. The summed E-state index contributed by atoms with van der Waals surface area (Å²) in [6, 6.07) is 0. The fraction of sp³-hybridized carbons (Fsp3) is 0.875. The molecule has 2 atom stereocenters. The monoisotopic (exact) mass is 209 g/mol. The van der Waals surface area contributed by atoms with Crippen molar-refractivity contribution in [1.29, 1.82) is 0 Å². The number of hydrogen-bond donors (Lipinski definition) is 1. The van der Waals surface area contributed by atoms with Gasteiger partial charge in [-0.15, -0.1) is 12.4 Å². The molecule has 0 radical (unpaired) electrons. The quantitative estimate of drug-likeness (QED) is 0.740. The zero-order valence-corrected chi connectivity index (χ0v) is 8.71. The van der Waals surface area contributed by atoms with Crippen LogP contribution in [0.1, 0.15) is 12.8 Å². The molecule has 2 unspecified atom stereocenters. The molecule has 0 spiro atoms. The van der Waals surface area contributed by atoms with Gasteiger partial charge >= 0.3 is 5.97 Å². The Labute approximate surface area is 84.3 Å². The number of carboxylic acids is 1. The summed E-state index contributed by atoms with van der Waals surface area (Å²) >= 11 is 0. The SMILES string of the molecule is CN(C)CC1CCC(C(=O)O)O1.Cl. The first-order chi connectivity index (χ1) is 5.59. The maximum atomic E-state index is 10.5. The van der Waals surface area contributed by atoms with Gasteiger partial charge in [0.15, 0.2) is 6.10 Å². The molecular weight excluding hydrogens is 194 g/mol. The number of ether oxygens (including phenoxy) is 1. The first kappa shape index (κ1) is 12.7. The highest BCUT2D eigenvalue weighted by Gasteiger charge is 2.30. The largest absolute Gasteiger partial charge is 0.479 e. The number of carboxylic acid groups (broad SMARTS) is 1. The fourth-order valence-electron chi connectivity index (χ4n) is 1.43. The fourth-order valence-corrected chi connectivity index (χ4v) is 1.43. The molecule has 0 aromatic carbocycles. The highest BCUT2D eigenvalue weighted by atomic mass is 35.5. The Kier molecular flexibility index (Phi) is 5.29. The number of likely N-dealkylation sites (N-methyl/N-ethyl adjacent to an activating group) is 1. The average Bonchev–Trinajstić information content (AvgIpc) is 2.34. The van der Waals surface area contributed by atoms with Gasteiger partial charge in [0, 0.05) is 6.54 Å². The van der Waals surface area contributed by atoms with Gasteiger partial charge in [-0.2, -0.15) is 0 Å². The second-order valence-electron chi connectivity index (χ2n) is 3.42. The van der Waals surface area contributed by atoms with Gasteiger partial charge in [0.05, 0.1) is 6.10 Å². The molecule has 1 aliphatic heterocycles. The van der Waals surface area contributed by atoms with Crippen molar-refractivity contribution in [1.82, 2.24) is 4.90 Å². The Bertz CT molecular complexity index is 175. The maximum Gasteiger partial charge on any atom is 0.332 e. The van der Waals surface area contributed by atoms with Crippen LogP contribution in [0.15, 0.2) is 0 Å². The van der Waals surface area contributed by atoms with Crippen molar-refractivity contribution in [2.75, 3.05) is 20.6 Å². The number of hydrogen-bond acceptors (Lipinski definition) is 3. The number of aliphatic carboxylic acids is 1. The van der Waals surface area contributed by atoms with Gasteiger partial charge in [-0.05, 0) is 26.9 Å². The predicted octanol–water partition coefficient (Wildman–Crippen LogP) is 0.602. The summed E-state index contributed by atoms with van der Waals surface area (Å²) in [5, 5.41) is 8.63. The molecule has 1 heterocycles. The van der Waals surface area contributed by atoms with Crippen LogP contribution in [0.4, 0.5) is 0 Å². The van der Waals surface area contributed by atoms with Crippen LogP contribution in [0.5, 0.6) is 0 Å². The average molecular weight is 210 g/mol.